The van der Waals surface area contributed by atoms with Crippen molar-refractivity contribution in [3.63, 3.8) is 0 Å². The molecule has 0 aliphatic rings. The number of carbonyl (C=O) groups excluding carboxylic acids is 1. The number of nitrogens with zero attached hydrogens (tertiary/aromatic N) is 1. The molecule has 2 N–H and O–H groups in total. The summed E-state index contributed by atoms with van der Waals surface area (Å²) in [6.07, 6.45) is 0. The van der Waals surface area contributed by atoms with Crippen molar-refractivity contribution in [2.45, 2.75) is 20.4 Å². The van der Waals surface area contributed by atoms with Gasteiger partial charge in [-0.25, -0.2) is 4.79 Å². The molecule has 2 amide bonds. The van der Waals surface area contributed by atoms with E-state index in [2.05, 4.69) is 15.8 Å². The van der Waals surface area contributed by atoms with Gasteiger partial charge in [-0.15, -0.1) is 0 Å². The maximum Gasteiger partial charge on any atom is 0.320 e. The van der Waals surface area contributed by atoms with E-state index < -0.39 is 0 Å². The van der Waals surface area contributed by atoms with E-state index in [0.717, 1.165) is 11.3 Å². The van der Waals surface area contributed by atoms with E-state index in [1.807, 2.05) is 31.2 Å². The van der Waals surface area contributed by atoms with E-state index >= 15 is 0 Å². The molecule has 1 aromatic heterocycles. The van der Waals surface area contributed by atoms with Gasteiger partial charge in [0, 0.05) is 12.6 Å². The lowest BCUT2D eigenvalue weighted by atomic mass is 10.2. The van der Waals surface area contributed by atoms with E-state index in [-0.39, 0.29) is 6.03 Å². The predicted molar refractivity (Wildman–Crippen MR) is 74.7 cm³/mol. The average Bonchev–Trinajstić information content (AvgIpc) is 2.84. The lowest BCUT2D eigenvalue weighted by molar-refractivity contribution is 0.251. The summed E-state index contributed by atoms with van der Waals surface area (Å²) in [5.74, 6) is 1.86. The first-order chi connectivity index (χ1) is 9.67. The van der Waals surface area contributed by atoms with Gasteiger partial charge in [0.2, 0.25) is 0 Å². The summed E-state index contributed by atoms with van der Waals surface area (Å²) in [5, 5.41) is 9.00. The fraction of sp³-hybridized carbons (Fsp3) is 0.286. The summed E-state index contributed by atoms with van der Waals surface area (Å²) in [4.78, 5) is 11.6. The second-order valence-electron chi connectivity index (χ2n) is 4.21. The van der Waals surface area contributed by atoms with Crippen LogP contribution in [-0.2, 0) is 6.54 Å². The third kappa shape index (κ3) is 4.01. The Morgan fingerprint density at radius 3 is 2.70 bits per heavy atom. The molecule has 0 aliphatic carbocycles. The Labute approximate surface area is 117 Å². The van der Waals surface area contributed by atoms with Gasteiger partial charge in [0.15, 0.2) is 5.82 Å². The molecule has 0 spiro atoms. The largest absolute Gasteiger partial charge is 0.494 e. The number of nitrogens with one attached hydrogen (secondary N) is 2. The predicted octanol–water partition coefficient (Wildman–Crippen LogP) is 2.70. The van der Waals surface area contributed by atoms with E-state index in [1.54, 1.807) is 13.0 Å². The first-order valence-corrected chi connectivity index (χ1v) is 6.37. The molecule has 1 aromatic carbocycles. The molecule has 1 heterocycles. The number of anilines is 1. The average molecular weight is 275 g/mol. The monoisotopic (exact) mass is 275 g/mol. The van der Waals surface area contributed by atoms with Gasteiger partial charge in [-0.05, 0) is 31.5 Å². The highest BCUT2D eigenvalue weighted by Gasteiger charge is 2.05. The highest BCUT2D eigenvalue weighted by molar-refractivity contribution is 5.88. The molecule has 2 aromatic rings. The van der Waals surface area contributed by atoms with Crippen LogP contribution in [0.1, 0.15) is 18.2 Å². The van der Waals surface area contributed by atoms with E-state index in [9.17, 15) is 4.79 Å². The van der Waals surface area contributed by atoms with E-state index in [1.165, 1.54) is 0 Å². The van der Waals surface area contributed by atoms with Crippen molar-refractivity contribution in [1.29, 1.82) is 0 Å². The molecule has 0 bridgehead atoms. The smallest absolute Gasteiger partial charge is 0.320 e. The molecule has 2 rings (SSSR count). The normalized spacial score (nSPS) is 10.1. The summed E-state index contributed by atoms with van der Waals surface area (Å²) < 4.78 is 10.2. The molecule has 6 nitrogen and oxygen atoms in total. The number of rotatable bonds is 5. The van der Waals surface area contributed by atoms with Crippen LogP contribution in [0.2, 0.25) is 0 Å². The zero-order chi connectivity index (χ0) is 14.4. The quantitative estimate of drug-likeness (QED) is 0.879. The fourth-order valence-electron chi connectivity index (χ4n) is 1.64. The van der Waals surface area contributed by atoms with Crippen molar-refractivity contribution < 1.29 is 14.1 Å². The SMILES string of the molecule is CCOc1ccc(CNC(=O)Nc2cc(C)on2)cc1. The second kappa shape index (κ2) is 6.60. The Kier molecular flexibility index (Phi) is 4.60. The number of aryl methyl sites for hydroxylation is 1. The van der Waals surface area contributed by atoms with Gasteiger partial charge in [-0.2, -0.15) is 0 Å². The molecule has 0 atom stereocenters. The van der Waals surface area contributed by atoms with Crippen molar-refractivity contribution in [3.05, 3.63) is 41.7 Å². The summed E-state index contributed by atoms with van der Waals surface area (Å²) in [6.45, 7) is 4.76. The van der Waals surface area contributed by atoms with Gasteiger partial charge in [0.1, 0.15) is 11.5 Å². The second-order valence-corrected chi connectivity index (χ2v) is 4.21. The summed E-state index contributed by atoms with van der Waals surface area (Å²) in [6, 6.07) is 8.89. The molecule has 0 saturated heterocycles. The van der Waals surface area contributed by atoms with Crippen molar-refractivity contribution in [2.75, 3.05) is 11.9 Å². The van der Waals surface area contributed by atoms with Crippen molar-refractivity contribution >= 4 is 11.8 Å². The molecule has 0 radical (unpaired) electrons. The van der Waals surface area contributed by atoms with Gasteiger partial charge in [0.05, 0.1) is 6.61 Å². The van der Waals surface area contributed by atoms with Crippen molar-refractivity contribution in [3.8, 4) is 5.75 Å². The first-order valence-electron chi connectivity index (χ1n) is 6.37. The number of hydrogen-bond donors (Lipinski definition) is 2. The lowest BCUT2D eigenvalue weighted by Crippen LogP contribution is -2.28. The zero-order valence-corrected chi connectivity index (χ0v) is 11.5. The minimum absolute atomic E-state index is 0.327. The first kappa shape index (κ1) is 13.9. The maximum absolute atomic E-state index is 11.6. The van der Waals surface area contributed by atoms with Gasteiger partial charge >= 0.3 is 6.03 Å². The molecular weight excluding hydrogens is 258 g/mol. The minimum Gasteiger partial charge on any atom is -0.494 e. The Hall–Kier alpha value is -2.50. The van der Waals surface area contributed by atoms with Crippen LogP contribution >= 0.6 is 0 Å². The van der Waals surface area contributed by atoms with Crippen LogP contribution in [0.4, 0.5) is 10.6 Å². The number of ether oxygens (including phenoxy) is 1. The van der Waals surface area contributed by atoms with Crippen LogP contribution in [-0.4, -0.2) is 17.8 Å². The van der Waals surface area contributed by atoms with Crippen LogP contribution in [0.15, 0.2) is 34.9 Å². The molecule has 0 fully saturated rings. The van der Waals surface area contributed by atoms with Crippen molar-refractivity contribution in [2.24, 2.45) is 0 Å². The Morgan fingerprint density at radius 1 is 1.35 bits per heavy atom. The molecule has 0 saturated carbocycles. The van der Waals surface area contributed by atoms with Crippen LogP contribution in [0, 0.1) is 6.92 Å². The van der Waals surface area contributed by atoms with Crippen LogP contribution in [0.3, 0.4) is 0 Å². The third-order valence-corrected chi connectivity index (χ3v) is 2.56. The Morgan fingerprint density at radius 2 is 2.10 bits per heavy atom. The number of aromatic nitrogens is 1. The molecule has 0 aliphatic heterocycles. The van der Waals surface area contributed by atoms with Gasteiger partial charge in [-0.1, -0.05) is 17.3 Å². The van der Waals surface area contributed by atoms with Crippen LogP contribution < -0.4 is 15.4 Å². The highest BCUT2D eigenvalue weighted by Crippen LogP contribution is 2.12. The minimum atomic E-state index is -0.327. The summed E-state index contributed by atoms with van der Waals surface area (Å²) in [7, 11) is 0. The maximum atomic E-state index is 11.6. The third-order valence-electron chi connectivity index (χ3n) is 2.56. The molecule has 6 heteroatoms. The lowest BCUT2D eigenvalue weighted by Gasteiger charge is -2.07. The molecule has 20 heavy (non-hydrogen) atoms. The zero-order valence-electron chi connectivity index (χ0n) is 11.5. The summed E-state index contributed by atoms with van der Waals surface area (Å²) in [5.41, 5.74) is 0.986. The number of urea groups is 1. The van der Waals surface area contributed by atoms with E-state index in [0.29, 0.717) is 24.7 Å². The van der Waals surface area contributed by atoms with Gasteiger partial charge < -0.3 is 14.6 Å². The Bertz CT molecular complexity index is 563. The standard InChI is InChI=1S/C14H17N3O3/c1-3-19-12-6-4-11(5-7-12)9-15-14(18)16-13-8-10(2)20-17-13/h4-8H,3,9H2,1-2H3,(H2,15,16,17,18). The molecular formula is C14H17N3O3. The number of amides is 2. The number of hydrogen-bond acceptors (Lipinski definition) is 4. The Balaban J connectivity index is 1.80. The molecule has 0 unspecified atom stereocenters. The fourth-order valence-corrected chi connectivity index (χ4v) is 1.64. The van der Waals surface area contributed by atoms with Crippen LogP contribution in [0.5, 0.6) is 5.75 Å². The van der Waals surface area contributed by atoms with Gasteiger partial charge in [0.25, 0.3) is 0 Å². The highest BCUT2D eigenvalue weighted by atomic mass is 16.5. The van der Waals surface area contributed by atoms with Crippen molar-refractivity contribution in [1.82, 2.24) is 10.5 Å². The molecule has 106 valence electrons. The van der Waals surface area contributed by atoms with Gasteiger partial charge in [-0.3, -0.25) is 5.32 Å². The van der Waals surface area contributed by atoms with Crippen LogP contribution in [0.25, 0.3) is 0 Å². The van der Waals surface area contributed by atoms with E-state index in [4.69, 9.17) is 9.26 Å². The number of benzene rings is 1. The topological polar surface area (TPSA) is 76.4 Å². The summed E-state index contributed by atoms with van der Waals surface area (Å²) >= 11 is 0. The number of carbonyl (C=O) groups is 1.